The number of primary amides is 1. The predicted molar refractivity (Wildman–Crippen MR) is 129 cm³/mol. The fourth-order valence-corrected chi connectivity index (χ4v) is 5.56. The standard InChI is InChI=1S/C21H16BrF6N7O2S/c1-4-35-6-9(7(2)32-35)8-5-10(20(23,24)25)30-19-11(8)13(15(38-19)17(29)36)31-18(37)14-12(22)16(21(26,27)28)34(3)33-14/h5-6H,4H2,1-3H3,(H2,29,36)(H,31,37). The van der Waals surface area contributed by atoms with Crippen molar-refractivity contribution >= 4 is 55.0 Å². The number of anilines is 1. The molecule has 2 amide bonds. The molecule has 0 saturated carbocycles. The maximum Gasteiger partial charge on any atom is 0.434 e. The summed E-state index contributed by atoms with van der Waals surface area (Å²) in [6, 6.07) is 0.748. The van der Waals surface area contributed by atoms with Crippen molar-refractivity contribution in [2.75, 3.05) is 5.32 Å². The summed E-state index contributed by atoms with van der Waals surface area (Å²) in [5, 5.41) is 10.1. The number of carbonyl (C=O) groups excluding carboxylic acids is 2. The SMILES string of the molecule is CCn1cc(-c2cc(C(F)(F)F)nc3sc(C(N)=O)c(NC(=O)c4nn(C)c(C(F)(F)F)c4Br)c23)c(C)n1. The number of thiophene rings is 1. The third-order valence-electron chi connectivity index (χ3n) is 5.45. The molecular weight excluding hydrogens is 608 g/mol. The van der Waals surface area contributed by atoms with Gasteiger partial charge in [-0.15, -0.1) is 11.3 Å². The number of nitrogens with zero attached hydrogens (tertiary/aromatic N) is 5. The number of nitrogens with two attached hydrogens (primary N) is 1. The molecule has 0 bridgehead atoms. The van der Waals surface area contributed by atoms with Crippen molar-refractivity contribution in [2.24, 2.45) is 12.8 Å². The van der Waals surface area contributed by atoms with Crippen molar-refractivity contribution in [1.82, 2.24) is 24.5 Å². The molecular formula is C21H16BrF6N7O2S. The summed E-state index contributed by atoms with van der Waals surface area (Å²) in [5.41, 5.74) is 2.50. The summed E-state index contributed by atoms with van der Waals surface area (Å²) in [6.45, 7) is 3.72. The molecule has 0 spiro atoms. The van der Waals surface area contributed by atoms with Crippen LogP contribution in [0.15, 0.2) is 16.7 Å². The number of pyridine rings is 1. The third-order valence-corrected chi connectivity index (χ3v) is 7.30. The Kier molecular flexibility index (Phi) is 6.80. The van der Waals surface area contributed by atoms with Crippen molar-refractivity contribution in [3.63, 3.8) is 0 Å². The molecule has 3 N–H and O–H groups in total. The van der Waals surface area contributed by atoms with Crippen LogP contribution in [-0.4, -0.2) is 36.4 Å². The van der Waals surface area contributed by atoms with Gasteiger partial charge >= 0.3 is 12.4 Å². The molecule has 4 aromatic heterocycles. The first kappa shape index (κ1) is 27.6. The van der Waals surface area contributed by atoms with E-state index >= 15 is 0 Å². The van der Waals surface area contributed by atoms with Gasteiger partial charge in [-0.25, -0.2) is 4.98 Å². The Morgan fingerprint density at radius 1 is 1.13 bits per heavy atom. The van der Waals surface area contributed by atoms with Crippen molar-refractivity contribution in [3.05, 3.63) is 44.4 Å². The summed E-state index contributed by atoms with van der Waals surface area (Å²) in [4.78, 5) is 28.3. The van der Waals surface area contributed by atoms with E-state index in [4.69, 9.17) is 5.73 Å². The van der Waals surface area contributed by atoms with E-state index < -0.39 is 45.7 Å². The average Bonchev–Trinajstić information content (AvgIpc) is 3.44. The lowest BCUT2D eigenvalue weighted by molar-refractivity contribution is -0.144. The Bertz CT molecular complexity index is 1600. The molecule has 4 rings (SSSR count). The Balaban J connectivity index is 1.98. The lowest BCUT2D eigenvalue weighted by Gasteiger charge is -2.11. The van der Waals surface area contributed by atoms with Gasteiger partial charge in [0.05, 0.1) is 15.9 Å². The second-order valence-corrected chi connectivity index (χ2v) is 9.77. The number of hydrogen-bond acceptors (Lipinski definition) is 6. The largest absolute Gasteiger partial charge is 0.434 e. The molecule has 0 atom stereocenters. The van der Waals surface area contributed by atoms with E-state index in [2.05, 4.69) is 36.4 Å². The highest BCUT2D eigenvalue weighted by Gasteiger charge is 2.40. The monoisotopic (exact) mass is 623 g/mol. The van der Waals surface area contributed by atoms with Crippen LogP contribution in [0.5, 0.6) is 0 Å². The molecule has 17 heteroatoms. The predicted octanol–water partition coefficient (Wildman–Crippen LogP) is 5.37. The molecule has 0 aliphatic heterocycles. The number of amides is 2. The molecule has 38 heavy (non-hydrogen) atoms. The van der Waals surface area contributed by atoms with Gasteiger partial charge in [0.25, 0.3) is 11.8 Å². The van der Waals surface area contributed by atoms with Crippen molar-refractivity contribution in [2.45, 2.75) is 32.7 Å². The zero-order chi connectivity index (χ0) is 28.3. The highest BCUT2D eigenvalue weighted by atomic mass is 79.9. The minimum Gasteiger partial charge on any atom is -0.365 e. The third kappa shape index (κ3) is 4.75. The van der Waals surface area contributed by atoms with E-state index in [9.17, 15) is 35.9 Å². The van der Waals surface area contributed by atoms with Crippen molar-refractivity contribution < 1.29 is 35.9 Å². The zero-order valence-electron chi connectivity index (χ0n) is 19.5. The number of fused-ring (bicyclic) bond motifs is 1. The van der Waals surface area contributed by atoms with Crippen LogP contribution in [0.4, 0.5) is 32.0 Å². The molecule has 4 heterocycles. The minimum atomic E-state index is -4.86. The molecule has 4 aromatic rings. The number of carbonyl (C=O) groups is 2. The highest BCUT2D eigenvalue weighted by molar-refractivity contribution is 9.10. The zero-order valence-corrected chi connectivity index (χ0v) is 21.9. The normalized spacial score (nSPS) is 12.4. The van der Waals surface area contributed by atoms with Crippen LogP contribution in [0.25, 0.3) is 21.3 Å². The van der Waals surface area contributed by atoms with Gasteiger partial charge in [-0.3, -0.25) is 19.0 Å². The summed E-state index contributed by atoms with van der Waals surface area (Å²) in [7, 11) is 0.980. The molecule has 0 aliphatic carbocycles. The van der Waals surface area contributed by atoms with Crippen LogP contribution in [0.1, 0.15) is 44.2 Å². The summed E-state index contributed by atoms with van der Waals surface area (Å²) in [5.74, 6) is -2.27. The summed E-state index contributed by atoms with van der Waals surface area (Å²) in [6.07, 6.45) is -8.22. The first-order chi connectivity index (χ1) is 17.5. The second-order valence-electron chi connectivity index (χ2n) is 7.97. The lowest BCUT2D eigenvalue weighted by atomic mass is 10.0. The van der Waals surface area contributed by atoms with E-state index in [-0.39, 0.29) is 31.9 Å². The van der Waals surface area contributed by atoms with Gasteiger partial charge in [-0.1, -0.05) is 0 Å². The lowest BCUT2D eigenvalue weighted by Crippen LogP contribution is -2.17. The molecule has 202 valence electrons. The molecule has 0 aliphatic rings. The van der Waals surface area contributed by atoms with E-state index in [1.165, 1.54) is 10.9 Å². The number of alkyl halides is 6. The van der Waals surface area contributed by atoms with Crippen LogP contribution >= 0.6 is 27.3 Å². The van der Waals surface area contributed by atoms with Gasteiger partial charge in [-0.2, -0.15) is 36.5 Å². The molecule has 9 nitrogen and oxygen atoms in total. The Morgan fingerprint density at radius 2 is 1.79 bits per heavy atom. The van der Waals surface area contributed by atoms with Crippen LogP contribution in [-0.2, 0) is 25.9 Å². The van der Waals surface area contributed by atoms with E-state index in [1.54, 1.807) is 13.8 Å². The quantitative estimate of drug-likeness (QED) is 0.289. The summed E-state index contributed by atoms with van der Waals surface area (Å²) >= 11 is 3.24. The summed E-state index contributed by atoms with van der Waals surface area (Å²) < 4.78 is 82.6. The first-order valence-corrected chi connectivity index (χ1v) is 12.2. The first-order valence-electron chi connectivity index (χ1n) is 10.5. The van der Waals surface area contributed by atoms with Gasteiger partial charge in [0.15, 0.2) is 11.4 Å². The van der Waals surface area contributed by atoms with Gasteiger partial charge in [-0.05, 0) is 41.4 Å². The molecule has 0 radical (unpaired) electrons. The number of aryl methyl sites for hydroxylation is 3. The smallest absolute Gasteiger partial charge is 0.365 e. The topological polar surface area (TPSA) is 121 Å². The maximum atomic E-state index is 13.7. The Labute approximate surface area is 221 Å². The van der Waals surface area contributed by atoms with E-state index in [0.29, 0.717) is 28.3 Å². The minimum absolute atomic E-state index is 0.0605. The number of aromatic nitrogens is 5. The molecule has 0 aromatic carbocycles. The van der Waals surface area contributed by atoms with Gasteiger partial charge < -0.3 is 11.1 Å². The van der Waals surface area contributed by atoms with Gasteiger partial charge in [0.2, 0.25) is 0 Å². The van der Waals surface area contributed by atoms with Crippen molar-refractivity contribution in [1.29, 1.82) is 0 Å². The number of halogens is 7. The Hall–Kier alpha value is -3.47. The fraction of sp³-hybridized carbons (Fsp3) is 0.286. The average molecular weight is 624 g/mol. The Morgan fingerprint density at radius 3 is 2.29 bits per heavy atom. The maximum absolute atomic E-state index is 13.7. The van der Waals surface area contributed by atoms with Gasteiger partial charge in [0, 0.05) is 30.7 Å². The van der Waals surface area contributed by atoms with Crippen LogP contribution in [0.2, 0.25) is 0 Å². The van der Waals surface area contributed by atoms with E-state index in [0.717, 1.165) is 13.1 Å². The fourth-order valence-electron chi connectivity index (χ4n) is 3.82. The highest BCUT2D eigenvalue weighted by Crippen LogP contribution is 2.45. The van der Waals surface area contributed by atoms with Crippen molar-refractivity contribution in [3.8, 4) is 11.1 Å². The second kappa shape index (κ2) is 9.37. The molecule has 0 unspecified atom stereocenters. The van der Waals surface area contributed by atoms with Crippen LogP contribution < -0.4 is 11.1 Å². The van der Waals surface area contributed by atoms with Crippen LogP contribution in [0.3, 0.4) is 0 Å². The van der Waals surface area contributed by atoms with Gasteiger partial charge in [0.1, 0.15) is 15.4 Å². The number of rotatable bonds is 5. The number of nitrogens with one attached hydrogen (secondary N) is 1. The molecule has 0 saturated heterocycles. The number of hydrogen-bond donors (Lipinski definition) is 2. The van der Waals surface area contributed by atoms with Crippen LogP contribution in [0, 0.1) is 6.92 Å². The van der Waals surface area contributed by atoms with E-state index in [1.807, 2.05) is 0 Å². The molecule has 0 fully saturated rings.